The lowest BCUT2D eigenvalue weighted by Crippen LogP contribution is -2.54. The van der Waals surface area contributed by atoms with E-state index in [0.29, 0.717) is 6.42 Å². The summed E-state index contributed by atoms with van der Waals surface area (Å²) in [5, 5.41) is 5.24. The predicted octanol–water partition coefficient (Wildman–Crippen LogP) is 2.24. The number of esters is 1. The molecule has 0 bridgehead atoms. The highest BCUT2D eigenvalue weighted by atomic mass is 16.6. The summed E-state index contributed by atoms with van der Waals surface area (Å²) in [6.45, 7) is 12.7. The molecule has 0 aromatic rings. The van der Waals surface area contributed by atoms with Gasteiger partial charge in [-0.25, -0.2) is 9.59 Å². The first-order valence-electron chi connectivity index (χ1n) is 8.25. The number of hydrogen-bond donors (Lipinski definition) is 2. The van der Waals surface area contributed by atoms with E-state index in [1.807, 2.05) is 13.8 Å². The first kappa shape index (κ1) is 22.2. The Hall–Kier alpha value is -1.79. The van der Waals surface area contributed by atoms with E-state index in [-0.39, 0.29) is 11.8 Å². The van der Waals surface area contributed by atoms with Crippen molar-refractivity contribution in [2.75, 3.05) is 7.11 Å². The van der Waals surface area contributed by atoms with Crippen molar-refractivity contribution in [3.63, 3.8) is 0 Å². The fourth-order valence-corrected chi connectivity index (χ4v) is 2.03. The molecule has 24 heavy (non-hydrogen) atoms. The van der Waals surface area contributed by atoms with Crippen LogP contribution in [0.5, 0.6) is 0 Å². The molecule has 0 aliphatic heterocycles. The number of nitrogens with one attached hydrogen (secondary N) is 2. The predicted molar refractivity (Wildman–Crippen MR) is 91.4 cm³/mol. The molecule has 2 atom stereocenters. The van der Waals surface area contributed by atoms with Gasteiger partial charge in [0.05, 0.1) is 7.11 Å². The Kier molecular flexibility index (Phi) is 8.78. The van der Waals surface area contributed by atoms with E-state index in [9.17, 15) is 14.4 Å². The van der Waals surface area contributed by atoms with Crippen LogP contribution in [-0.4, -0.2) is 42.8 Å². The van der Waals surface area contributed by atoms with Crippen molar-refractivity contribution in [3.05, 3.63) is 0 Å². The van der Waals surface area contributed by atoms with Crippen LogP contribution in [0.1, 0.15) is 54.9 Å². The smallest absolute Gasteiger partial charge is 0.408 e. The maximum Gasteiger partial charge on any atom is 0.408 e. The quantitative estimate of drug-likeness (QED) is 0.691. The van der Waals surface area contributed by atoms with Gasteiger partial charge in [0.2, 0.25) is 5.91 Å². The number of carbonyl (C=O) groups is 3. The molecule has 0 aliphatic rings. The Morgan fingerprint density at radius 3 is 1.92 bits per heavy atom. The second kappa shape index (κ2) is 9.49. The highest BCUT2D eigenvalue weighted by Crippen LogP contribution is 2.11. The molecule has 2 N–H and O–H groups in total. The lowest BCUT2D eigenvalue weighted by atomic mass is 10.0. The molecule has 7 heteroatoms. The number of amides is 2. The summed E-state index contributed by atoms with van der Waals surface area (Å²) < 4.78 is 9.92. The second-order valence-electron chi connectivity index (χ2n) is 7.58. The Labute approximate surface area is 144 Å². The lowest BCUT2D eigenvalue weighted by molar-refractivity contribution is -0.146. The van der Waals surface area contributed by atoms with Gasteiger partial charge in [0, 0.05) is 0 Å². The van der Waals surface area contributed by atoms with Crippen LogP contribution in [0.3, 0.4) is 0 Å². The van der Waals surface area contributed by atoms with Crippen LogP contribution in [0.15, 0.2) is 0 Å². The summed E-state index contributed by atoms with van der Waals surface area (Å²) in [4.78, 5) is 36.3. The average Bonchev–Trinajstić information content (AvgIpc) is 2.39. The van der Waals surface area contributed by atoms with Crippen molar-refractivity contribution in [2.24, 2.45) is 11.8 Å². The molecule has 0 saturated heterocycles. The molecule has 2 amide bonds. The zero-order valence-electron chi connectivity index (χ0n) is 16.1. The van der Waals surface area contributed by atoms with E-state index in [0.717, 1.165) is 0 Å². The monoisotopic (exact) mass is 344 g/mol. The van der Waals surface area contributed by atoms with Crippen LogP contribution in [0.2, 0.25) is 0 Å². The second-order valence-corrected chi connectivity index (χ2v) is 7.58. The standard InChI is InChI=1S/C17H32N2O5/c1-10(2)9-12(18-16(22)24-17(5,6)7)14(20)19-13(11(3)4)15(21)23-8/h10-13H,9H2,1-8H3,(H,18,22)(H,19,20). The molecule has 0 rings (SSSR count). The van der Waals surface area contributed by atoms with Gasteiger partial charge in [0.25, 0.3) is 0 Å². The minimum Gasteiger partial charge on any atom is -0.467 e. The summed E-state index contributed by atoms with van der Waals surface area (Å²) >= 11 is 0. The molecule has 2 unspecified atom stereocenters. The van der Waals surface area contributed by atoms with E-state index in [1.54, 1.807) is 34.6 Å². The van der Waals surface area contributed by atoms with Gasteiger partial charge in [-0.3, -0.25) is 4.79 Å². The van der Waals surface area contributed by atoms with Crippen LogP contribution in [-0.2, 0) is 19.1 Å². The minimum atomic E-state index is -0.786. The van der Waals surface area contributed by atoms with Crippen molar-refractivity contribution in [3.8, 4) is 0 Å². The van der Waals surface area contributed by atoms with Crippen LogP contribution >= 0.6 is 0 Å². The van der Waals surface area contributed by atoms with Gasteiger partial charge < -0.3 is 20.1 Å². The normalized spacial score (nSPS) is 14.1. The van der Waals surface area contributed by atoms with Crippen LogP contribution in [0.4, 0.5) is 4.79 Å². The summed E-state index contributed by atoms with van der Waals surface area (Å²) in [7, 11) is 1.27. The molecule has 0 fully saturated rings. The number of alkyl carbamates (subject to hydrolysis) is 1. The van der Waals surface area contributed by atoms with Crippen LogP contribution in [0, 0.1) is 11.8 Å². The van der Waals surface area contributed by atoms with E-state index in [2.05, 4.69) is 10.6 Å². The van der Waals surface area contributed by atoms with Gasteiger partial charge in [-0.1, -0.05) is 27.7 Å². The van der Waals surface area contributed by atoms with Gasteiger partial charge >= 0.3 is 12.1 Å². The van der Waals surface area contributed by atoms with Crippen molar-refractivity contribution < 1.29 is 23.9 Å². The molecule has 0 heterocycles. The Morgan fingerprint density at radius 2 is 1.54 bits per heavy atom. The number of carbonyl (C=O) groups excluding carboxylic acids is 3. The van der Waals surface area contributed by atoms with E-state index in [4.69, 9.17) is 9.47 Å². The topological polar surface area (TPSA) is 93.7 Å². The largest absolute Gasteiger partial charge is 0.467 e. The van der Waals surface area contributed by atoms with Gasteiger partial charge in [-0.15, -0.1) is 0 Å². The molecular formula is C17H32N2O5. The summed E-state index contributed by atoms with van der Waals surface area (Å²) in [6, 6.07) is -1.55. The molecule has 0 radical (unpaired) electrons. The number of rotatable bonds is 7. The fraction of sp³-hybridized carbons (Fsp3) is 0.824. The van der Waals surface area contributed by atoms with Crippen molar-refractivity contribution in [1.29, 1.82) is 0 Å². The van der Waals surface area contributed by atoms with Crippen molar-refractivity contribution >= 4 is 18.0 Å². The van der Waals surface area contributed by atoms with Crippen LogP contribution in [0.25, 0.3) is 0 Å². The lowest BCUT2D eigenvalue weighted by Gasteiger charge is -2.26. The molecule has 140 valence electrons. The highest BCUT2D eigenvalue weighted by molar-refractivity contribution is 5.89. The van der Waals surface area contributed by atoms with E-state index in [1.165, 1.54) is 7.11 Å². The third-order valence-corrected chi connectivity index (χ3v) is 3.13. The number of methoxy groups -OCH3 is 1. The molecule has 7 nitrogen and oxygen atoms in total. The molecule has 0 saturated carbocycles. The number of hydrogen-bond acceptors (Lipinski definition) is 5. The molecular weight excluding hydrogens is 312 g/mol. The van der Waals surface area contributed by atoms with Crippen molar-refractivity contribution in [2.45, 2.75) is 72.6 Å². The minimum absolute atomic E-state index is 0.136. The Morgan fingerprint density at radius 1 is 1.00 bits per heavy atom. The van der Waals surface area contributed by atoms with Gasteiger partial charge in [0.1, 0.15) is 17.7 Å². The zero-order chi connectivity index (χ0) is 19.1. The first-order chi connectivity index (χ1) is 10.9. The molecule has 0 spiro atoms. The maximum absolute atomic E-state index is 12.5. The number of ether oxygens (including phenoxy) is 2. The van der Waals surface area contributed by atoms with Crippen LogP contribution < -0.4 is 10.6 Å². The average molecular weight is 344 g/mol. The zero-order valence-corrected chi connectivity index (χ0v) is 16.1. The molecule has 0 aromatic heterocycles. The Bertz CT molecular complexity index is 441. The van der Waals surface area contributed by atoms with Gasteiger partial charge in [0.15, 0.2) is 0 Å². The van der Waals surface area contributed by atoms with Gasteiger partial charge in [-0.05, 0) is 39.0 Å². The molecule has 0 aromatic carbocycles. The van der Waals surface area contributed by atoms with E-state index >= 15 is 0 Å². The SMILES string of the molecule is COC(=O)C(NC(=O)C(CC(C)C)NC(=O)OC(C)(C)C)C(C)C. The third-order valence-electron chi connectivity index (χ3n) is 3.13. The highest BCUT2D eigenvalue weighted by Gasteiger charge is 2.30. The van der Waals surface area contributed by atoms with Gasteiger partial charge in [-0.2, -0.15) is 0 Å². The molecule has 0 aliphatic carbocycles. The fourth-order valence-electron chi connectivity index (χ4n) is 2.03. The van der Waals surface area contributed by atoms with E-state index < -0.39 is 35.7 Å². The Balaban J connectivity index is 5.05. The summed E-state index contributed by atoms with van der Waals surface area (Å²) in [5.74, 6) is -0.911. The summed E-state index contributed by atoms with van der Waals surface area (Å²) in [5.41, 5.74) is -0.657. The summed E-state index contributed by atoms with van der Waals surface area (Å²) in [6.07, 6.45) is -0.237. The third kappa shape index (κ3) is 8.74. The van der Waals surface area contributed by atoms with Crippen molar-refractivity contribution in [1.82, 2.24) is 10.6 Å². The first-order valence-corrected chi connectivity index (χ1v) is 8.25. The maximum atomic E-state index is 12.5.